The first-order chi connectivity index (χ1) is 20.4. The summed E-state index contributed by atoms with van der Waals surface area (Å²) in [5.74, 6) is -0.382. The Morgan fingerprint density at radius 3 is 2.57 bits per heavy atom. The summed E-state index contributed by atoms with van der Waals surface area (Å²) in [4.78, 5) is 41.7. The first-order valence-electron chi connectivity index (χ1n) is 13.7. The lowest BCUT2D eigenvalue weighted by Gasteiger charge is -2.42. The van der Waals surface area contributed by atoms with Crippen molar-refractivity contribution in [3.05, 3.63) is 78.3 Å². The lowest BCUT2D eigenvalue weighted by molar-refractivity contribution is 0.0341. The van der Waals surface area contributed by atoms with Crippen molar-refractivity contribution >= 4 is 23.2 Å². The number of carbonyl (C=O) groups excluding carboxylic acids is 2. The topological polar surface area (TPSA) is 157 Å². The highest BCUT2D eigenvalue weighted by Gasteiger charge is 2.40. The van der Waals surface area contributed by atoms with Crippen molar-refractivity contribution in [2.24, 2.45) is 5.92 Å². The number of amides is 1. The van der Waals surface area contributed by atoms with Crippen LogP contribution in [0.4, 0.5) is 5.82 Å². The molecule has 3 N–H and O–H groups in total. The van der Waals surface area contributed by atoms with Crippen LogP contribution in [0.5, 0.6) is 0 Å². The number of aromatic amines is 1. The molecule has 0 radical (unpaired) electrons. The first kappa shape index (κ1) is 27.2. The highest BCUT2D eigenvalue weighted by Crippen LogP contribution is 2.40. The Labute approximate surface area is 242 Å². The number of piperidine rings is 1. The molecule has 214 valence electrons. The van der Waals surface area contributed by atoms with E-state index in [1.807, 2.05) is 49.4 Å². The van der Waals surface area contributed by atoms with Crippen molar-refractivity contribution in [1.29, 1.82) is 0 Å². The lowest BCUT2D eigenvalue weighted by atomic mass is 9.78. The van der Waals surface area contributed by atoms with Crippen molar-refractivity contribution in [2.45, 2.75) is 32.2 Å². The minimum atomic E-state index is -0.237. The fourth-order valence-corrected chi connectivity index (χ4v) is 5.89. The number of hydrogen-bond donors (Lipinski definition) is 2. The number of fused-ring (bicyclic) bond motifs is 1. The van der Waals surface area contributed by atoms with E-state index in [1.165, 1.54) is 17.8 Å². The SMILES string of the molecule is COCC1CN(C(=O)c2ncn[nH]2)C(C)CC1c1nc2c(-c3ccc(-c4ccccc4)nc3)cnn2c(N)c1C(C)=O. The summed E-state index contributed by atoms with van der Waals surface area (Å²) >= 11 is 0. The van der Waals surface area contributed by atoms with E-state index in [0.29, 0.717) is 36.5 Å². The normalized spacial score (nSPS) is 18.8. The van der Waals surface area contributed by atoms with Crippen LogP contribution in [-0.4, -0.2) is 77.7 Å². The monoisotopic (exact) mass is 565 g/mol. The van der Waals surface area contributed by atoms with Gasteiger partial charge in [-0.2, -0.15) is 14.7 Å². The summed E-state index contributed by atoms with van der Waals surface area (Å²) < 4.78 is 7.10. The molecule has 0 spiro atoms. The largest absolute Gasteiger partial charge is 0.384 e. The summed E-state index contributed by atoms with van der Waals surface area (Å²) in [5, 5.41) is 11.0. The molecule has 1 fully saturated rings. The van der Waals surface area contributed by atoms with Crippen molar-refractivity contribution in [2.75, 3.05) is 26.0 Å². The zero-order valence-electron chi connectivity index (χ0n) is 23.6. The van der Waals surface area contributed by atoms with Crippen LogP contribution >= 0.6 is 0 Å². The number of nitrogen functional groups attached to an aromatic ring is 1. The number of pyridine rings is 1. The molecule has 12 nitrogen and oxygen atoms in total. The molecule has 0 saturated carbocycles. The van der Waals surface area contributed by atoms with Gasteiger partial charge in [0.25, 0.3) is 5.91 Å². The molecule has 5 heterocycles. The molecule has 1 amide bonds. The second kappa shape index (κ2) is 11.1. The van der Waals surface area contributed by atoms with E-state index < -0.39 is 0 Å². The van der Waals surface area contributed by atoms with Gasteiger partial charge < -0.3 is 15.4 Å². The molecule has 1 aliphatic heterocycles. The summed E-state index contributed by atoms with van der Waals surface area (Å²) in [6, 6.07) is 13.7. The number of anilines is 1. The van der Waals surface area contributed by atoms with E-state index in [4.69, 9.17) is 15.5 Å². The van der Waals surface area contributed by atoms with Crippen LogP contribution in [0.2, 0.25) is 0 Å². The van der Waals surface area contributed by atoms with Crippen molar-refractivity contribution < 1.29 is 14.3 Å². The molecule has 6 rings (SSSR count). The molecule has 3 unspecified atom stereocenters. The van der Waals surface area contributed by atoms with E-state index in [1.54, 1.807) is 24.4 Å². The molecule has 1 saturated heterocycles. The van der Waals surface area contributed by atoms with Gasteiger partial charge in [0.05, 0.1) is 29.8 Å². The molecule has 4 aromatic heterocycles. The third-order valence-corrected chi connectivity index (χ3v) is 7.94. The number of ether oxygens (including phenoxy) is 1. The number of H-pyrrole nitrogens is 1. The van der Waals surface area contributed by atoms with Gasteiger partial charge in [0.15, 0.2) is 11.4 Å². The van der Waals surface area contributed by atoms with E-state index in [0.717, 1.165) is 22.4 Å². The van der Waals surface area contributed by atoms with Crippen LogP contribution in [0, 0.1) is 5.92 Å². The second-order valence-electron chi connectivity index (χ2n) is 10.6. The maximum atomic E-state index is 13.2. The average molecular weight is 566 g/mol. The van der Waals surface area contributed by atoms with Gasteiger partial charge in [-0.05, 0) is 26.3 Å². The number of aromatic nitrogens is 7. The van der Waals surface area contributed by atoms with Gasteiger partial charge in [0.1, 0.15) is 12.1 Å². The van der Waals surface area contributed by atoms with Gasteiger partial charge in [-0.1, -0.05) is 36.4 Å². The van der Waals surface area contributed by atoms with Gasteiger partial charge in [-0.25, -0.2) is 9.97 Å². The molecule has 1 aliphatic rings. The molecule has 42 heavy (non-hydrogen) atoms. The minimum Gasteiger partial charge on any atom is -0.384 e. The lowest BCUT2D eigenvalue weighted by Crippen LogP contribution is -2.50. The summed E-state index contributed by atoms with van der Waals surface area (Å²) in [5.41, 5.74) is 11.5. The van der Waals surface area contributed by atoms with Gasteiger partial charge in [-0.15, -0.1) is 0 Å². The van der Waals surface area contributed by atoms with Crippen molar-refractivity contribution in [3.8, 4) is 22.4 Å². The highest BCUT2D eigenvalue weighted by atomic mass is 16.5. The molecular formula is C30H31N9O3. The smallest absolute Gasteiger partial charge is 0.291 e. The van der Waals surface area contributed by atoms with Crippen LogP contribution in [0.1, 0.15) is 52.9 Å². The zero-order chi connectivity index (χ0) is 29.4. The minimum absolute atomic E-state index is 0.149. The van der Waals surface area contributed by atoms with E-state index >= 15 is 0 Å². The Balaban J connectivity index is 1.41. The van der Waals surface area contributed by atoms with Gasteiger partial charge >= 0.3 is 0 Å². The van der Waals surface area contributed by atoms with Crippen LogP contribution in [-0.2, 0) is 4.74 Å². The number of likely N-dealkylation sites (tertiary alicyclic amines) is 1. The summed E-state index contributed by atoms with van der Waals surface area (Å²) in [7, 11) is 1.62. The molecule has 1 aromatic carbocycles. The quantitative estimate of drug-likeness (QED) is 0.281. The highest BCUT2D eigenvalue weighted by molar-refractivity contribution is 6.00. The zero-order valence-corrected chi connectivity index (χ0v) is 23.6. The molecule has 3 atom stereocenters. The summed E-state index contributed by atoms with van der Waals surface area (Å²) in [6.07, 6.45) is 5.35. The third-order valence-electron chi connectivity index (χ3n) is 7.94. The van der Waals surface area contributed by atoms with Crippen LogP contribution < -0.4 is 5.73 Å². The molecule has 12 heteroatoms. The first-order valence-corrected chi connectivity index (χ1v) is 13.7. The number of hydrogen-bond acceptors (Lipinski definition) is 9. The number of Topliss-reactive ketones (excluding diaryl/α,β-unsaturated/α-hetero) is 1. The van der Waals surface area contributed by atoms with E-state index in [-0.39, 0.29) is 41.2 Å². The fraction of sp³-hybridized carbons (Fsp3) is 0.300. The maximum Gasteiger partial charge on any atom is 0.291 e. The number of carbonyl (C=O) groups is 2. The standard InChI is InChI=1S/C30H31N9O3/c1-17-11-22(21(15-42-3)14-38(17)30(41)28-33-16-34-37-28)26-25(18(2)40)27(31)39-29(36-26)23(13-35-39)20-9-10-24(32-12-20)19-7-5-4-6-8-19/h4-10,12-13,16-17,21-22H,11,14-15,31H2,1-3H3,(H,33,34,37). The Kier molecular flexibility index (Phi) is 7.21. The number of ketones is 1. The molecule has 5 aromatic rings. The number of nitrogens with one attached hydrogen (secondary N) is 1. The third kappa shape index (κ3) is 4.79. The summed E-state index contributed by atoms with van der Waals surface area (Å²) in [6.45, 7) is 4.21. The Morgan fingerprint density at radius 2 is 1.90 bits per heavy atom. The molecule has 0 aliphatic carbocycles. The van der Waals surface area contributed by atoms with Gasteiger partial charge in [-0.3, -0.25) is 19.7 Å². The predicted molar refractivity (Wildman–Crippen MR) is 156 cm³/mol. The van der Waals surface area contributed by atoms with E-state index in [9.17, 15) is 9.59 Å². The second-order valence-corrected chi connectivity index (χ2v) is 10.6. The predicted octanol–water partition coefficient (Wildman–Crippen LogP) is 3.64. The average Bonchev–Trinajstić information content (AvgIpc) is 3.69. The van der Waals surface area contributed by atoms with E-state index in [2.05, 4.69) is 25.3 Å². The maximum absolute atomic E-state index is 13.2. The van der Waals surface area contributed by atoms with Gasteiger partial charge in [0.2, 0.25) is 5.82 Å². The van der Waals surface area contributed by atoms with Crippen molar-refractivity contribution in [1.82, 2.24) is 39.7 Å². The van der Waals surface area contributed by atoms with Crippen molar-refractivity contribution in [3.63, 3.8) is 0 Å². The fourth-order valence-electron chi connectivity index (χ4n) is 5.89. The number of nitrogens with zero attached hydrogens (tertiary/aromatic N) is 7. The van der Waals surface area contributed by atoms with Crippen LogP contribution in [0.25, 0.3) is 28.0 Å². The molecular weight excluding hydrogens is 534 g/mol. The number of methoxy groups -OCH3 is 1. The molecule has 0 bridgehead atoms. The Hall–Kier alpha value is -4.97. The van der Waals surface area contributed by atoms with Gasteiger partial charge in [0, 0.05) is 54.4 Å². The Bertz CT molecular complexity index is 1730. The Morgan fingerprint density at radius 1 is 1.10 bits per heavy atom. The van der Waals surface area contributed by atoms with Crippen LogP contribution in [0.15, 0.2) is 61.2 Å². The number of benzene rings is 1. The number of nitrogens with two attached hydrogens (primary N) is 1. The number of rotatable bonds is 7. The van der Waals surface area contributed by atoms with Crippen LogP contribution in [0.3, 0.4) is 0 Å².